The first-order chi connectivity index (χ1) is 19.7. The van der Waals surface area contributed by atoms with Gasteiger partial charge in [-0.15, -0.1) is 0 Å². The number of hydrogen-bond acceptors (Lipinski definition) is 10. The van der Waals surface area contributed by atoms with Gasteiger partial charge in [0.05, 0.1) is 0 Å². The van der Waals surface area contributed by atoms with Gasteiger partial charge in [-0.3, -0.25) is 0 Å². The summed E-state index contributed by atoms with van der Waals surface area (Å²) in [5.41, 5.74) is 3.27. The third-order valence-electron chi connectivity index (χ3n) is 7.34. The summed E-state index contributed by atoms with van der Waals surface area (Å²) in [6.45, 7) is 5.26. The molecule has 0 amide bonds. The highest BCUT2D eigenvalue weighted by Gasteiger charge is 2.22. The lowest BCUT2D eigenvalue weighted by Crippen LogP contribution is -2.47. The molecule has 0 spiro atoms. The number of likely N-dealkylation sites (tertiary alicyclic amines) is 1. The van der Waals surface area contributed by atoms with Gasteiger partial charge in [0.2, 0.25) is 17.8 Å². The highest BCUT2D eigenvalue weighted by Crippen LogP contribution is 2.22. The van der Waals surface area contributed by atoms with Crippen LogP contribution in [0, 0.1) is 0 Å². The van der Waals surface area contributed by atoms with Crippen LogP contribution in [0.25, 0.3) is 0 Å². The molecule has 206 valence electrons. The Hall–Kier alpha value is -4.31. The zero-order valence-electron chi connectivity index (χ0n) is 22.9. The van der Waals surface area contributed by atoms with Crippen LogP contribution in [0.15, 0.2) is 73.3 Å². The van der Waals surface area contributed by atoms with Crippen LogP contribution in [0.2, 0.25) is 0 Å². The Labute approximate surface area is 235 Å². The third-order valence-corrected chi connectivity index (χ3v) is 7.34. The average molecular weight is 538 g/mol. The molecule has 1 unspecified atom stereocenters. The SMILES string of the molecule is CN1CCCC(Oc2ccc(Nc3ncnc(N4CCN(c5ncc(Cc6ccccc6)cn5)CC4)n3)cc2)C1. The van der Waals surface area contributed by atoms with Crippen LogP contribution in [0.3, 0.4) is 0 Å². The molecule has 10 heteroatoms. The number of hydrogen-bond donors (Lipinski definition) is 1. The lowest BCUT2D eigenvalue weighted by atomic mass is 10.1. The lowest BCUT2D eigenvalue weighted by Gasteiger charge is -2.34. The van der Waals surface area contributed by atoms with E-state index in [9.17, 15) is 0 Å². The van der Waals surface area contributed by atoms with Gasteiger partial charge >= 0.3 is 0 Å². The second-order valence-electron chi connectivity index (χ2n) is 10.4. The molecular formula is C30H35N9O. The van der Waals surface area contributed by atoms with E-state index in [1.807, 2.05) is 42.7 Å². The number of benzene rings is 2. The minimum absolute atomic E-state index is 0.245. The van der Waals surface area contributed by atoms with Gasteiger partial charge in [0.25, 0.3) is 0 Å². The number of nitrogens with zero attached hydrogens (tertiary/aromatic N) is 8. The van der Waals surface area contributed by atoms with Gasteiger partial charge in [-0.05, 0) is 61.8 Å². The highest BCUT2D eigenvalue weighted by atomic mass is 16.5. The van der Waals surface area contributed by atoms with E-state index in [0.717, 1.165) is 75.1 Å². The molecule has 2 fully saturated rings. The first kappa shape index (κ1) is 25.9. The molecule has 2 aliphatic heterocycles. The molecule has 2 saturated heterocycles. The van der Waals surface area contributed by atoms with E-state index in [-0.39, 0.29) is 6.10 Å². The summed E-state index contributed by atoms with van der Waals surface area (Å²) >= 11 is 0. The Morgan fingerprint density at radius 3 is 2.25 bits per heavy atom. The van der Waals surface area contributed by atoms with Crippen molar-refractivity contribution in [2.75, 3.05) is 61.4 Å². The van der Waals surface area contributed by atoms with Gasteiger partial charge in [0, 0.05) is 57.2 Å². The molecule has 4 aromatic rings. The zero-order chi connectivity index (χ0) is 27.1. The van der Waals surface area contributed by atoms with Gasteiger partial charge in [-0.2, -0.15) is 4.98 Å². The van der Waals surface area contributed by atoms with Crippen molar-refractivity contribution >= 4 is 23.5 Å². The smallest absolute Gasteiger partial charge is 0.231 e. The zero-order valence-corrected chi connectivity index (χ0v) is 22.9. The molecule has 2 aliphatic rings. The number of likely N-dealkylation sites (N-methyl/N-ethyl adjacent to an activating group) is 1. The Balaban J connectivity index is 1.01. The van der Waals surface area contributed by atoms with E-state index in [1.165, 1.54) is 12.0 Å². The molecule has 0 aliphatic carbocycles. The molecule has 6 rings (SSSR count). The van der Waals surface area contributed by atoms with Gasteiger partial charge in [0.15, 0.2) is 0 Å². The fourth-order valence-corrected chi connectivity index (χ4v) is 5.19. The second kappa shape index (κ2) is 12.3. The van der Waals surface area contributed by atoms with Crippen molar-refractivity contribution < 1.29 is 4.74 Å². The summed E-state index contributed by atoms with van der Waals surface area (Å²) in [4.78, 5) is 29.4. The van der Waals surface area contributed by atoms with Crippen LogP contribution >= 0.6 is 0 Å². The predicted molar refractivity (Wildman–Crippen MR) is 156 cm³/mol. The number of anilines is 4. The van der Waals surface area contributed by atoms with Crippen molar-refractivity contribution in [3.63, 3.8) is 0 Å². The monoisotopic (exact) mass is 537 g/mol. The summed E-state index contributed by atoms with van der Waals surface area (Å²) in [6.07, 6.45) is 8.77. The summed E-state index contributed by atoms with van der Waals surface area (Å²) in [6, 6.07) is 18.4. The largest absolute Gasteiger partial charge is 0.489 e. The van der Waals surface area contributed by atoms with Gasteiger partial charge in [-0.1, -0.05) is 30.3 Å². The van der Waals surface area contributed by atoms with Crippen LogP contribution in [-0.4, -0.2) is 82.2 Å². The van der Waals surface area contributed by atoms with Crippen molar-refractivity contribution in [1.82, 2.24) is 29.8 Å². The normalized spacial score (nSPS) is 18.0. The van der Waals surface area contributed by atoms with E-state index in [0.29, 0.717) is 11.9 Å². The molecule has 10 nitrogen and oxygen atoms in total. The second-order valence-corrected chi connectivity index (χ2v) is 10.4. The molecule has 1 atom stereocenters. The molecule has 2 aromatic heterocycles. The lowest BCUT2D eigenvalue weighted by molar-refractivity contribution is 0.104. The topological polar surface area (TPSA) is 95.4 Å². The maximum absolute atomic E-state index is 6.17. The van der Waals surface area contributed by atoms with Crippen LogP contribution in [0.4, 0.5) is 23.5 Å². The molecule has 40 heavy (non-hydrogen) atoms. The van der Waals surface area contributed by atoms with E-state index >= 15 is 0 Å². The van der Waals surface area contributed by atoms with Gasteiger partial charge < -0.3 is 24.8 Å². The number of ether oxygens (including phenoxy) is 1. The summed E-state index contributed by atoms with van der Waals surface area (Å²) in [5.74, 6) is 2.83. The Bertz CT molecular complexity index is 1360. The minimum Gasteiger partial charge on any atom is -0.489 e. The molecular weight excluding hydrogens is 502 g/mol. The summed E-state index contributed by atoms with van der Waals surface area (Å²) in [7, 11) is 2.14. The van der Waals surface area contributed by atoms with Crippen LogP contribution in [0.5, 0.6) is 5.75 Å². The predicted octanol–water partition coefficient (Wildman–Crippen LogP) is 3.80. The van der Waals surface area contributed by atoms with Crippen molar-refractivity contribution in [3.8, 4) is 5.75 Å². The number of piperidine rings is 1. The van der Waals surface area contributed by atoms with Crippen molar-refractivity contribution in [2.45, 2.75) is 25.4 Å². The van der Waals surface area contributed by atoms with Gasteiger partial charge in [-0.25, -0.2) is 19.9 Å². The number of nitrogens with one attached hydrogen (secondary N) is 1. The number of aromatic nitrogens is 5. The van der Waals surface area contributed by atoms with Crippen LogP contribution in [-0.2, 0) is 6.42 Å². The van der Waals surface area contributed by atoms with E-state index < -0.39 is 0 Å². The Morgan fingerprint density at radius 1 is 0.800 bits per heavy atom. The fourth-order valence-electron chi connectivity index (χ4n) is 5.19. The van der Waals surface area contributed by atoms with Gasteiger partial charge in [0.1, 0.15) is 18.2 Å². The highest BCUT2D eigenvalue weighted by molar-refractivity contribution is 5.55. The fraction of sp³-hybridized carbons (Fsp3) is 0.367. The Morgan fingerprint density at radius 2 is 1.52 bits per heavy atom. The molecule has 2 aromatic carbocycles. The average Bonchev–Trinajstić information content (AvgIpc) is 2.99. The first-order valence-electron chi connectivity index (χ1n) is 13.9. The molecule has 1 N–H and O–H groups in total. The number of rotatable bonds is 8. The van der Waals surface area contributed by atoms with Crippen molar-refractivity contribution in [2.24, 2.45) is 0 Å². The first-order valence-corrected chi connectivity index (χ1v) is 13.9. The maximum atomic E-state index is 6.17. The molecule has 0 bridgehead atoms. The van der Waals surface area contributed by atoms with Crippen LogP contribution < -0.4 is 19.9 Å². The maximum Gasteiger partial charge on any atom is 0.231 e. The minimum atomic E-state index is 0.245. The number of piperazine rings is 1. The Kier molecular flexibility index (Phi) is 7.95. The third kappa shape index (κ3) is 6.63. The molecule has 0 radical (unpaired) electrons. The quantitative estimate of drug-likeness (QED) is 0.358. The van der Waals surface area contributed by atoms with E-state index in [1.54, 1.807) is 6.33 Å². The summed E-state index contributed by atoms with van der Waals surface area (Å²) < 4.78 is 6.17. The molecule has 4 heterocycles. The van der Waals surface area contributed by atoms with Crippen molar-refractivity contribution in [3.05, 3.63) is 84.4 Å². The van der Waals surface area contributed by atoms with E-state index in [4.69, 9.17) is 4.74 Å². The van der Waals surface area contributed by atoms with Crippen LogP contribution in [0.1, 0.15) is 24.0 Å². The van der Waals surface area contributed by atoms with Crippen molar-refractivity contribution in [1.29, 1.82) is 0 Å². The van der Waals surface area contributed by atoms with E-state index in [2.05, 4.69) is 76.2 Å². The standard InChI is InChI=1S/C30H35N9O/c1-37-13-5-8-27(21-37)40-26-11-9-25(10-12-26)35-28-33-22-34-30(36-28)39-16-14-38(15-17-39)29-31-19-24(20-32-29)18-23-6-3-2-4-7-23/h2-4,6-7,9-12,19-20,22,27H,5,8,13-18,21H2,1H3,(H,33,34,35,36). The molecule has 0 saturated carbocycles. The summed E-state index contributed by atoms with van der Waals surface area (Å²) in [5, 5.41) is 3.30.